The Labute approximate surface area is 208 Å². The van der Waals surface area contributed by atoms with Crippen molar-refractivity contribution in [3.8, 4) is 0 Å². The second-order valence-corrected chi connectivity index (χ2v) is 10.8. The number of thiazole rings is 1. The van der Waals surface area contributed by atoms with Gasteiger partial charge in [-0.3, -0.25) is 14.4 Å². The Bertz CT molecular complexity index is 883. The number of carbonyl (C=O) groups excluding carboxylic acids is 3. The van der Waals surface area contributed by atoms with E-state index in [4.69, 9.17) is 4.74 Å². The number of ether oxygens (including phenoxy) is 1. The van der Waals surface area contributed by atoms with Crippen LogP contribution in [-0.2, 0) is 19.1 Å². The zero-order chi connectivity index (χ0) is 25.9. The fourth-order valence-electron chi connectivity index (χ4n) is 3.88. The van der Waals surface area contributed by atoms with Crippen molar-refractivity contribution in [1.82, 2.24) is 4.98 Å². The fraction of sp³-hybridized carbons (Fsp3) is 0.630. The summed E-state index contributed by atoms with van der Waals surface area (Å²) in [6, 6.07) is 0. The third kappa shape index (κ3) is 10.0. The monoisotopic (exact) mass is 491 g/mol. The normalized spacial score (nSPS) is 26.9. The minimum absolute atomic E-state index is 0.00323. The molecule has 0 saturated carbocycles. The highest BCUT2D eigenvalue weighted by molar-refractivity contribution is 7.09. The van der Waals surface area contributed by atoms with Crippen molar-refractivity contribution < 1.29 is 24.2 Å². The second-order valence-electron chi connectivity index (χ2n) is 9.70. The molecule has 1 N–H and O–H groups in total. The van der Waals surface area contributed by atoms with Crippen LogP contribution in [0.25, 0.3) is 6.08 Å². The predicted molar refractivity (Wildman–Crippen MR) is 137 cm³/mol. The first-order valence-electron chi connectivity index (χ1n) is 12.0. The Morgan fingerprint density at radius 1 is 1.21 bits per heavy atom. The van der Waals surface area contributed by atoms with Crippen molar-refractivity contribution in [2.45, 2.75) is 86.7 Å². The van der Waals surface area contributed by atoms with Crippen LogP contribution >= 0.6 is 11.3 Å². The van der Waals surface area contributed by atoms with E-state index >= 15 is 0 Å². The number of nitrogens with zero attached hydrogens (tertiary/aromatic N) is 1. The molecule has 6 nitrogen and oxygen atoms in total. The topological polar surface area (TPSA) is 93.6 Å². The maximum absolute atomic E-state index is 12.7. The molecule has 190 valence electrons. The molecule has 0 saturated heterocycles. The minimum atomic E-state index is -1.10. The highest BCUT2D eigenvalue weighted by Gasteiger charge is 2.39. The van der Waals surface area contributed by atoms with Crippen molar-refractivity contribution in [3.05, 3.63) is 33.8 Å². The summed E-state index contributed by atoms with van der Waals surface area (Å²) >= 11 is 1.68. The number of hydrogen-bond acceptors (Lipinski definition) is 7. The number of aryl methyl sites for hydroxylation is 1. The highest BCUT2D eigenvalue weighted by Crippen LogP contribution is 2.31. The number of carbonyl (C=O) groups is 3. The summed E-state index contributed by atoms with van der Waals surface area (Å²) in [6.07, 6.45) is 7.12. The lowest BCUT2D eigenvalue weighted by atomic mass is 9.74. The molecule has 0 amide bonds. The van der Waals surface area contributed by atoms with E-state index in [1.807, 2.05) is 39.0 Å². The molecule has 1 aromatic rings. The molecule has 1 aliphatic rings. The van der Waals surface area contributed by atoms with Gasteiger partial charge < -0.3 is 9.84 Å². The summed E-state index contributed by atoms with van der Waals surface area (Å²) in [5.74, 6) is -0.513. The second kappa shape index (κ2) is 14.3. The molecule has 2 rings (SSSR count). The third-order valence-electron chi connectivity index (χ3n) is 6.15. The van der Waals surface area contributed by atoms with E-state index < -0.39 is 17.5 Å². The highest BCUT2D eigenvalue weighted by atomic mass is 32.1. The van der Waals surface area contributed by atoms with Gasteiger partial charge in [0.05, 0.1) is 35.2 Å². The predicted octanol–water partition coefficient (Wildman–Crippen LogP) is 5.72. The van der Waals surface area contributed by atoms with Gasteiger partial charge in [-0.05, 0) is 57.6 Å². The van der Waals surface area contributed by atoms with Gasteiger partial charge in [0.15, 0.2) is 5.78 Å². The molecule has 1 aliphatic heterocycles. The Balaban J connectivity index is 0.000000533. The van der Waals surface area contributed by atoms with Crippen molar-refractivity contribution in [3.63, 3.8) is 0 Å². The van der Waals surface area contributed by atoms with E-state index in [2.05, 4.69) is 17.3 Å². The summed E-state index contributed by atoms with van der Waals surface area (Å²) < 4.78 is 5.05. The Morgan fingerprint density at radius 3 is 2.47 bits per heavy atom. The molecule has 3 atom stereocenters. The number of aliphatic hydroxyl groups excluding tert-OH is 1. The van der Waals surface area contributed by atoms with Crippen molar-refractivity contribution in [2.75, 3.05) is 6.61 Å². The average molecular weight is 492 g/mol. The first kappa shape index (κ1) is 29.9. The molecule has 0 bridgehead atoms. The van der Waals surface area contributed by atoms with Crippen LogP contribution in [0.4, 0.5) is 0 Å². The van der Waals surface area contributed by atoms with Crippen LogP contribution in [0.3, 0.4) is 0 Å². The van der Waals surface area contributed by atoms with E-state index in [1.165, 1.54) is 0 Å². The number of esters is 1. The number of aromatic nitrogens is 1. The number of cyclic esters (lactones) is 1. The van der Waals surface area contributed by atoms with Gasteiger partial charge >= 0.3 is 5.97 Å². The van der Waals surface area contributed by atoms with E-state index in [0.29, 0.717) is 11.5 Å². The number of allylic oxidation sites excluding steroid dienone is 3. The van der Waals surface area contributed by atoms with E-state index in [-0.39, 0.29) is 36.9 Å². The van der Waals surface area contributed by atoms with Crippen LogP contribution in [0.5, 0.6) is 0 Å². The van der Waals surface area contributed by atoms with Crippen LogP contribution in [0.2, 0.25) is 0 Å². The smallest absolute Gasteiger partial charge is 0.308 e. The number of ketones is 2. The quantitative estimate of drug-likeness (QED) is 0.505. The average Bonchev–Trinajstić information content (AvgIpc) is 3.17. The molecule has 1 aromatic heterocycles. The van der Waals surface area contributed by atoms with Gasteiger partial charge in [0.25, 0.3) is 0 Å². The Hall–Kier alpha value is -2.12. The summed E-state index contributed by atoms with van der Waals surface area (Å²) in [5.41, 5.74) is 0.738. The molecule has 3 unspecified atom stereocenters. The first-order valence-corrected chi connectivity index (χ1v) is 12.9. The van der Waals surface area contributed by atoms with Crippen molar-refractivity contribution in [2.24, 2.45) is 17.3 Å². The fourth-order valence-corrected chi connectivity index (χ4v) is 4.46. The van der Waals surface area contributed by atoms with Crippen molar-refractivity contribution >= 4 is 34.9 Å². The zero-order valence-corrected chi connectivity index (χ0v) is 22.5. The van der Waals surface area contributed by atoms with Gasteiger partial charge in [0.2, 0.25) is 0 Å². The molecule has 0 aromatic carbocycles. The lowest BCUT2D eigenvalue weighted by molar-refractivity contribution is -0.150. The Kier molecular flexibility index (Phi) is 12.6. The molecular weight excluding hydrogens is 450 g/mol. The molecule has 0 radical (unpaired) electrons. The van der Waals surface area contributed by atoms with Crippen LogP contribution in [-0.4, -0.2) is 40.3 Å². The number of rotatable bonds is 1. The summed E-state index contributed by atoms with van der Waals surface area (Å²) in [4.78, 5) is 40.9. The SMILES string of the molecule is C/C1=C\CCC(C)CC(C)C(=O)C(C)(C)C(O)CC(=O)OCCC1=O.C/C=C\c1csc(C)n1. The van der Waals surface area contributed by atoms with Gasteiger partial charge in [0, 0.05) is 17.7 Å². The molecule has 0 fully saturated rings. The molecular formula is C27H41NO5S. The van der Waals surface area contributed by atoms with Crippen LogP contribution < -0.4 is 0 Å². The lowest BCUT2D eigenvalue weighted by Crippen LogP contribution is -2.42. The van der Waals surface area contributed by atoms with Gasteiger partial charge in [-0.2, -0.15) is 0 Å². The lowest BCUT2D eigenvalue weighted by Gasteiger charge is -2.32. The van der Waals surface area contributed by atoms with Gasteiger partial charge in [-0.25, -0.2) is 4.98 Å². The molecule has 2 heterocycles. The third-order valence-corrected chi connectivity index (χ3v) is 6.94. The molecule has 0 spiro atoms. The molecule has 34 heavy (non-hydrogen) atoms. The largest absolute Gasteiger partial charge is 0.465 e. The summed E-state index contributed by atoms with van der Waals surface area (Å²) in [7, 11) is 0. The number of hydrogen-bond donors (Lipinski definition) is 1. The Morgan fingerprint density at radius 2 is 1.88 bits per heavy atom. The standard InChI is InChI=1S/C20H32O5.C7H9NS/c1-13-7-6-8-14(2)16(21)9-10-25-18(23)12-17(22)20(4,5)19(24)15(3)11-13;1-3-4-7-5-9-6(2)8-7/h8,13,15,17,22H,6-7,9-12H2,1-5H3;3-5H,1-2H3/b14-8+;4-3-. The summed E-state index contributed by atoms with van der Waals surface area (Å²) in [6.45, 7) is 13.1. The zero-order valence-electron chi connectivity index (χ0n) is 21.7. The van der Waals surface area contributed by atoms with E-state index in [9.17, 15) is 19.5 Å². The maximum Gasteiger partial charge on any atom is 0.308 e. The number of Topliss-reactive ketones (excluding diaryl/α,β-unsaturated/α-hetero) is 2. The van der Waals surface area contributed by atoms with Gasteiger partial charge in [-0.15, -0.1) is 11.3 Å². The van der Waals surface area contributed by atoms with E-state index in [1.54, 1.807) is 32.1 Å². The van der Waals surface area contributed by atoms with Gasteiger partial charge in [0.1, 0.15) is 5.78 Å². The molecule has 7 heteroatoms. The van der Waals surface area contributed by atoms with Gasteiger partial charge in [-0.1, -0.05) is 39.8 Å². The van der Waals surface area contributed by atoms with Crippen molar-refractivity contribution in [1.29, 1.82) is 0 Å². The van der Waals surface area contributed by atoms with Crippen LogP contribution in [0.1, 0.15) is 84.3 Å². The molecule has 0 aliphatic carbocycles. The minimum Gasteiger partial charge on any atom is -0.465 e. The van der Waals surface area contributed by atoms with E-state index in [0.717, 1.165) is 30.0 Å². The summed E-state index contributed by atoms with van der Waals surface area (Å²) in [5, 5.41) is 13.5. The van der Waals surface area contributed by atoms with Crippen LogP contribution in [0, 0.1) is 24.2 Å². The first-order chi connectivity index (χ1) is 15.9. The maximum atomic E-state index is 12.7. The number of aliphatic hydroxyl groups is 1. The van der Waals surface area contributed by atoms with Crippen LogP contribution in [0.15, 0.2) is 23.1 Å².